The van der Waals surface area contributed by atoms with Gasteiger partial charge in [0, 0.05) is 12.5 Å². The van der Waals surface area contributed by atoms with Crippen molar-refractivity contribution in [2.24, 2.45) is 0 Å². The van der Waals surface area contributed by atoms with E-state index < -0.39 is 43.2 Å². The van der Waals surface area contributed by atoms with Crippen LogP contribution in [0.5, 0.6) is 17.2 Å². The van der Waals surface area contributed by atoms with Crippen molar-refractivity contribution in [3.8, 4) is 17.2 Å². The average Bonchev–Trinajstić information content (AvgIpc) is 2.66. The number of amides is 1. The van der Waals surface area contributed by atoms with Crippen LogP contribution in [0.2, 0.25) is 0 Å². The maximum atomic E-state index is 11.5. The molecule has 1 aromatic rings. The van der Waals surface area contributed by atoms with Crippen LogP contribution in [0.1, 0.15) is 17.3 Å². The highest BCUT2D eigenvalue weighted by atomic mass is 16.7. The second-order valence-electron chi connectivity index (χ2n) is 5.92. The van der Waals surface area contributed by atoms with Crippen LogP contribution in [0.15, 0.2) is 12.1 Å². The van der Waals surface area contributed by atoms with Gasteiger partial charge in [0.1, 0.15) is 30.6 Å². The standard InChI is InChI=1S/C17H23NO9/c1-8(21)18-13-15(23)14(22)12(7-20)26-17(13)27-16-10(24-2)4-9(6-19)5-11(16)25-3/h4-6,12-15,17,20,22-23H,7H2,1-3H3,(H,18,21)/t12-,13+,14-,15-,17-/m1/s1. The number of carbonyl (C=O) groups excluding carboxylic acids is 2. The van der Waals surface area contributed by atoms with Crippen molar-refractivity contribution in [1.29, 1.82) is 0 Å². The highest BCUT2D eigenvalue weighted by Crippen LogP contribution is 2.40. The van der Waals surface area contributed by atoms with E-state index in [4.69, 9.17) is 18.9 Å². The molecule has 0 radical (unpaired) electrons. The van der Waals surface area contributed by atoms with Gasteiger partial charge in [-0.25, -0.2) is 0 Å². The van der Waals surface area contributed by atoms with E-state index in [1.807, 2.05) is 0 Å². The van der Waals surface area contributed by atoms with Crippen LogP contribution in [0.25, 0.3) is 0 Å². The number of benzene rings is 1. The number of aldehydes is 1. The Balaban J connectivity index is 2.42. The topological polar surface area (TPSA) is 144 Å². The van der Waals surface area contributed by atoms with E-state index in [-0.39, 0.29) is 22.8 Å². The maximum absolute atomic E-state index is 11.5. The lowest BCUT2D eigenvalue weighted by Crippen LogP contribution is -2.65. The van der Waals surface area contributed by atoms with E-state index in [1.54, 1.807) is 0 Å². The molecule has 1 amide bonds. The van der Waals surface area contributed by atoms with Crippen molar-refractivity contribution in [1.82, 2.24) is 5.32 Å². The summed E-state index contributed by atoms with van der Waals surface area (Å²) in [6.45, 7) is 0.650. The molecule has 10 nitrogen and oxygen atoms in total. The molecule has 10 heteroatoms. The van der Waals surface area contributed by atoms with Gasteiger partial charge in [-0.1, -0.05) is 0 Å². The summed E-state index contributed by atoms with van der Waals surface area (Å²) in [7, 11) is 2.72. The van der Waals surface area contributed by atoms with E-state index in [9.17, 15) is 24.9 Å². The normalized spacial score (nSPS) is 27.6. The zero-order valence-electron chi connectivity index (χ0n) is 15.1. The number of methoxy groups -OCH3 is 2. The minimum absolute atomic E-state index is 0.0613. The summed E-state index contributed by atoms with van der Waals surface area (Å²) in [5.41, 5.74) is 0.280. The summed E-state index contributed by atoms with van der Waals surface area (Å²) < 4.78 is 21.7. The van der Waals surface area contributed by atoms with Crippen molar-refractivity contribution in [2.45, 2.75) is 37.6 Å². The van der Waals surface area contributed by atoms with Crippen LogP contribution in [0.4, 0.5) is 0 Å². The van der Waals surface area contributed by atoms with Crippen LogP contribution >= 0.6 is 0 Å². The van der Waals surface area contributed by atoms with Crippen molar-refractivity contribution >= 4 is 12.2 Å². The number of carbonyl (C=O) groups is 2. The minimum Gasteiger partial charge on any atom is -0.493 e. The molecule has 0 unspecified atom stereocenters. The van der Waals surface area contributed by atoms with Crippen molar-refractivity contribution in [2.75, 3.05) is 20.8 Å². The second kappa shape index (κ2) is 9.00. The molecule has 1 heterocycles. The van der Waals surface area contributed by atoms with Gasteiger partial charge in [0.25, 0.3) is 0 Å². The van der Waals surface area contributed by atoms with E-state index in [1.165, 1.54) is 33.3 Å². The highest BCUT2D eigenvalue weighted by Gasteiger charge is 2.46. The fraction of sp³-hybridized carbons (Fsp3) is 0.529. The van der Waals surface area contributed by atoms with E-state index in [0.717, 1.165) is 0 Å². The van der Waals surface area contributed by atoms with Crippen LogP contribution in [-0.4, -0.2) is 79.0 Å². The molecule has 0 bridgehead atoms. The quantitative estimate of drug-likeness (QED) is 0.427. The fourth-order valence-corrected chi connectivity index (χ4v) is 2.77. The van der Waals surface area contributed by atoms with Gasteiger partial charge in [0.05, 0.1) is 20.8 Å². The van der Waals surface area contributed by atoms with E-state index in [2.05, 4.69) is 5.32 Å². The summed E-state index contributed by atoms with van der Waals surface area (Å²) in [6.07, 6.45) is -4.71. The number of aliphatic hydroxyl groups excluding tert-OH is 3. The number of hydrogen-bond donors (Lipinski definition) is 4. The molecular formula is C17H23NO9. The maximum Gasteiger partial charge on any atom is 0.223 e. The Kier molecular flexibility index (Phi) is 6.97. The molecule has 0 aromatic heterocycles. The smallest absolute Gasteiger partial charge is 0.223 e. The first kappa shape index (κ1) is 20.9. The van der Waals surface area contributed by atoms with Crippen molar-refractivity contribution < 1.29 is 43.9 Å². The van der Waals surface area contributed by atoms with Gasteiger partial charge in [-0.3, -0.25) is 9.59 Å². The van der Waals surface area contributed by atoms with Gasteiger partial charge in [-0.2, -0.15) is 0 Å². The Bertz CT molecular complexity index is 655. The number of nitrogens with one attached hydrogen (secondary N) is 1. The molecule has 27 heavy (non-hydrogen) atoms. The Morgan fingerprint density at radius 2 is 1.81 bits per heavy atom. The van der Waals surface area contributed by atoms with Crippen LogP contribution < -0.4 is 19.5 Å². The third-order valence-electron chi connectivity index (χ3n) is 4.10. The highest BCUT2D eigenvalue weighted by molar-refractivity contribution is 5.78. The molecule has 2 rings (SSSR count). The predicted molar refractivity (Wildman–Crippen MR) is 90.9 cm³/mol. The molecule has 1 aromatic carbocycles. The largest absolute Gasteiger partial charge is 0.493 e. The molecule has 0 spiro atoms. The molecule has 0 aliphatic carbocycles. The summed E-state index contributed by atoms with van der Waals surface area (Å²) in [4.78, 5) is 22.6. The Morgan fingerprint density at radius 1 is 1.22 bits per heavy atom. The first-order chi connectivity index (χ1) is 12.9. The lowest BCUT2D eigenvalue weighted by Gasteiger charge is -2.42. The number of ether oxygens (including phenoxy) is 4. The Labute approximate surface area is 155 Å². The van der Waals surface area contributed by atoms with Crippen molar-refractivity contribution in [3.05, 3.63) is 17.7 Å². The zero-order valence-corrected chi connectivity index (χ0v) is 15.1. The molecule has 1 saturated heterocycles. The van der Waals surface area contributed by atoms with Gasteiger partial charge in [0.2, 0.25) is 17.9 Å². The summed E-state index contributed by atoms with van der Waals surface area (Å²) in [5, 5.41) is 32.2. The third-order valence-corrected chi connectivity index (χ3v) is 4.10. The Hall–Kier alpha value is -2.40. The van der Waals surface area contributed by atoms with Gasteiger partial charge in [-0.05, 0) is 12.1 Å². The molecule has 5 atom stereocenters. The number of hydrogen-bond acceptors (Lipinski definition) is 9. The zero-order chi connectivity index (χ0) is 20.1. The third kappa shape index (κ3) is 4.48. The van der Waals surface area contributed by atoms with Crippen LogP contribution in [0.3, 0.4) is 0 Å². The van der Waals surface area contributed by atoms with Crippen LogP contribution in [-0.2, 0) is 9.53 Å². The SMILES string of the molecule is COc1cc(C=O)cc(OC)c1O[C@H]1O[C@H](CO)[C@@H](O)[C@H](O)[C@@H]1NC(C)=O. The van der Waals surface area contributed by atoms with Gasteiger partial charge in [0.15, 0.2) is 11.5 Å². The van der Waals surface area contributed by atoms with E-state index >= 15 is 0 Å². The summed E-state index contributed by atoms with van der Waals surface area (Å²) in [6, 6.07) is 1.69. The van der Waals surface area contributed by atoms with Crippen LogP contribution in [0, 0.1) is 0 Å². The number of aliphatic hydroxyl groups is 3. The predicted octanol–water partition coefficient (Wildman–Crippen LogP) is -1.16. The van der Waals surface area contributed by atoms with Gasteiger partial charge < -0.3 is 39.6 Å². The Morgan fingerprint density at radius 3 is 2.26 bits per heavy atom. The molecular weight excluding hydrogens is 362 g/mol. The second-order valence-corrected chi connectivity index (χ2v) is 5.92. The molecule has 0 saturated carbocycles. The molecule has 1 fully saturated rings. The first-order valence-electron chi connectivity index (χ1n) is 8.13. The van der Waals surface area contributed by atoms with E-state index in [0.29, 0.717) is 6.29 Å². The fourth-order valence-electron chi connectivity index (χ4n) is 2.77. The lowest BCUT2D eigenvalue weighted by atomic mass is 9.97. The van der Waals surface area contributed by atoms with Gasteiger partial charge >= 0.3 is 0 Å². The lowest BCUT2D eigenvalue weighted by molar-refractivity contribution is -0.244. The van der Waals surface area contributed by atoms with Gasteiger partial charge in [-0.15, -0.1) is 0 Å². The first-order valence-corrected chi connectivity index (χ1v) is 8.13. The molecule has 1 aliphatic rings. The minimum atomic E-state index is -1.46. The molecule has 150 valence electrons. The average molecular weight is 385 g/mol. The molecule has 4 N–H and O–H groups in total. The summed E-state index contributed by atoms with van der Waals surface area (Å²) >= 11 is 0. The number of rotatable bonds is 7. The monoisotopic (exact) mass is 385 g/mol. The van der Waals surface area contributed by atoms with Crippen molar-refractivity contribution in [3.63, 3.8) is 0 Å². The summed E-state index contributed by atoms with van der Waals surface area (Å²) in [5.74, 6) is -0.113. The molecule has 1 aliphatic heterocycles.